The van der Waals surface area contributed by atoms with Crippen LogP contribution >= 0.6 is 0 Å². The predicted molar refractivity (Wildman–Crippen MR) is 85.1 cm³/mol. The third kappa shape index (κ3) is 3.55. The van der Waals surface area contributed by atoms with Crippen molar-refractivity contribution in [1.82, 2.24) is 15.1 Å². The molecule has 0 spiro atoms. The van der Waals surface area contributed by atoms with Crippen molar-refractivity contribution in [3.05, 3.63) is 0 Å². The smallest absolute Gasteiger partial charge is 0.0122 e. The average Bonchev–Trinajstić information content (AvgIpc) is 2.95. The van der Waals surface area contributed by atoms with E-state index in [0.717, 1.165) is 18.0 Å². The van der Waals surface area contributed by atoms with Crippen molar-refractivity contribution in [2.75, 3.05) is 39.3 Å². The molecule has 0 aromatic carbocycles. The summed E-state index contributed by atoms with van der Waals surface area (Å²) in [6, 6.07) is 1.80. The monoisotopic (exact) mass is 279 g/mol. The number of nitrogens with one attached hydrogen (secondary N) is 1. The van der Waals surface area contributed by atoms with E-state index in [0.29, 0.717) is 0 Å². The molecule has 2 atom stereocenters. The maximum atomic E-state index is 3.50. The van der Waals surface area contributed by atoms with Gasteiger partial charge in [-0.2, -0.15) is 0 Å². The Morgan fingerprint density at radius 1 is 1.10 bits per heavy atom. The fourth-order valence-corrected chi connectivity index (χ4v) is 4.64. The molecule has 0 saturated carbocycles. The van der Waals surface area contributed by atoms with Gasteiger partial charge in [-0.3, -0.25) is 0 Å². The van der Waals surface area contributed by atoms with E-state index in [-0.39, 0.29) is 0 Å². The van der Waals surface area contributed by atoms with Gasteiger partial charge in [-0.15, -0.1) is 0 Å². The molecule has 0 radical (unpaired) electrons. The molecule has 3 aliphatic rings. The highest BCUT2D eigenvalue weighted by molar-refractivity contribution is 4.91. The Kier molecular flexibility index (Phi) is 5.36. The molecule has 3 rings (SSSR count). The molecule has 3 heterocycles. The van der Waals surface area contributed by atoms with Crippen LogP contribution in [0.3, 0.4) is 0 Å². The number of piperidine rings is 2. The first-order chi connectivity index (χ1) is 9.86. The van der Waals surface area contributed by atoms with E-state index in [1.807, 2.05) is 0 Å². The zero-order valence-corrected chi connectivity index (χ0v) is 13.3. The van der Waals surface area contributed by atoms with Gasteiger partial charge < -0.3 is 15.1 Å². The molecule has 2 unspecified atom stereocenters. The summed E-state index contributed by atoms with van der Waals surface area (Å²) >= 11 is 0. The molecular weight excluding hydrogens is 246 g/mol. The summed E-state index contributed by atoms with van der Waals surface area (Å²) in [5.74, 6) is 0.949. The van der Waals surface area contributed by atoms with Crippen LogP contribution in [0.4, 0.5) is 0 Å². The van der Waals surface area contributed by atoms with Gasteiger partial charge in [0, 0.05) is 18.6 Å². The van der Waals surface area contributed by atoms with Gasteiger partial charge in [0.15, 0.2) is 0 Å². The second-order valence-electron chi connectivity index (χ2n) is 7.20. The first-order valence-electron chi connectivity index (χ1n) is 9.05. The minimum atomic E-state index is 0.879. The zero-order chi connectivity index (χ0) is 13.8. The lowest BCUT2D eigenvalue weighted by molar-refractivity contribution is 0.0718. The average molecular weight is 279 g/mol. The van der Waals surface area contributed by atoms with Crippen molar-refractivity contribution in [1.29, 1.82) is 0 Å². The van der Waals surface area contributed by atoms with E-state index in [1.54, 1.807) is 0 Å². The molecule has 20 heavy (non-hydrogen) atoms. The van der Waals surface area contributed by atoms with Gasteiger partial charge in [0.05, 0.1) is 0 Å². The minimum Gasteiger partial charge on any atom is -0.317 e. The van der Waals surface area contributed by atoms with Crippen LogP contribution in [-0.4, -0.2) is 61.2 Å². The van der Waals surface area contributed by atoms with Crippen LogP contribution < -0.4 is 5.32 Å². The first-order valence-corrected chi connectivity index (χ1v) is 9.05. The van der Waals surface area contributed by atoms with Gasteiger partial charge in [0.1, 0.15) is 0 Å². The molecule has 0 amide bonds. The van der Waals surface area contributed by atoms with Crippen LogP contribution in [0.5, 0.6) is 0 Å². The van der Waals surface area contributed by atoms with Gasteiger partial charge in [-0.1, -0.05) is 6.92 Å². The van der Waals surface area contributed by atoms with Crippen LogP contribution in [0.25, 0.3) is 0 Å². The molecule has 3 saturated heterocycles. The Morgan fingerprint density at radius 3 is 2.75 bits per heavy atom. The van der Waals surface area contributed by atoms with Gasteiger partial charge in [-0.25, -0.2) is 0 Å². The highest BCUT2D eigenvalue weighted by atomic mass is 15.2. The number of rotatable bonds is 5. The highest BCUT2D eigenvalue weighted by Gasteiger charge is 2.34. The van der Waals surface area contributed by atoms with Crippen molar-refractivity contribution in [3.8, 4) is 0 Å². The maximum absolute atomic E-state index is 3.50. The number of fused-ring (bicyclic) bond motifs is 1. The lowest BCUT2D eigenvalue weighted by atomic mass is 9.92. The molecule has 0 aromatic rings. The lowest BCUT2D eigenvalue weighted by Gasteiger charge is -2.42. The van der Waals surface area contributed by atoms with Crippen molar-refractivity contribution >= 4 is 0 Å². The molecular formula is C17H33N3. The highest BCUT2D eigenvalue weighted by Crippen LogP contribution is 2.30. The van der Waals surface area contributed by atoms with Gasteiger partial charge >= 0.3 is 0 Å². The molecule has 116 valence electrons. The fourth-order valence-electron chi connectivity index (χ4n) is 4.64. The summed E-state index contributed by atoms with van der Waals surface area (Å²) in [6.07, 6.45) is 9.87. The molecule has 0 aliphatic carbocycles. The van der Waals surface area contributed by atoms with E-state index >= 15 is 0 Å². The molecule has 3 heteroatoms. The first kappa shape index (κ1) is 14.8. The van der Waals surface area contributed by atoms with Gasteiger partial charge in [0.2, 0.25) is 0 Å². The SMILES string of the molecule is CCCN(CC1CCNCC1)C1CCN2CCCC2C1. The summed E-state index contributed by atoms with van der Waals surface area (Å²) < 4.78 is 0. The van der Waals surface area contributed by atoms with Gasteiger partial charge in [-0.05, 0) is 83.6 Å². The number of nitrogens with zero attached hydrogens (tertiary/aromatic N) is 2. The summed E-state index contributed by atoms with van der Waals surface area (Å²) in [5, 5.41) is 3.50. The fraction of sp³-hybridized carbons (Fsp3) is 1.00. The lowest BCUT2D eigenvalue weighted by Crippen LogP contribution is -2.49. The molecule has 0 aromatic heterocycles. The summed E-state index contributed by atoms with van der Waals surface area (Å²) in [4.78, 5) is 5.62. The molecule has 3 nitrogen and oxygen atoms in total. The van der Waals surface area contributed by atoms with Crippen LogP contribution in [-0.2, 0) is 0 Å². The Morgan fingerprint density at radius 2 is 1.95 bits per heavy atom. The van der Waals surface area contributed by atoms with Crippen molar-refractivity contribution in [3.63, 3.8) is 0 Å². The summed E-state index contributed by atoms with van der Waals surface area (Å²) in [5.41, 5.74) is 0. The number of hydrogen-bond donors (Lipinski definition) is 1. The van der Waals surface area contributed by atoms with E-state index in [4.69, 9.17) is 0 Å². The van der Waals surface area contributed by atoms with Crippen LogP contribution in [0, 0.1) is 5.92 Å². The topological polar surface area (TPSA) is 18.5 Å². The van der Waals surface area contributed by atoms with E-state index in [1.165, 1.54) is 84.2 Å². The molecule has 3 aliphatic heterocycles. The second-order valence-corrected chi connectivity index (χ2v) is 7.20. The molecule has 1 N–H and O–H groups in total. The van der Waals surface area contributed by atoms with E-state index in [2.05, 4.69) is 22.0 Å². The van der Waals surface area contributed by atoms with Crippen molar-refractivity contribution in [2.45, 2.75) is 64.0 Å². The third-order valence-corrected chi connectivity index (χ3v) is 5.77. The summed E-state index contributed by atoms with van der Waals surface area (Å²) in [7, 11) is 0. The predicted octanol–water partition coefficient (Wildman–Crippen LogP) is 2.32. The van der Waals surface area contributed by atoms with Crippen molar-refractivity contribution < 1.29 is 0 Å². The van der Waals surface area contributed by atoms with E-state index < -0.39 is 0 Å². The Labute approximate surface area is 125 Å². The van der Waals surface area contributed by atoms with Crippen LogP contribution in [0.15, 0.2) is 0 Å². The quantitative estimate of drug-likeness (QED) is 0.833. The molecule has 3 fully saturated rings. The number of hydrogen-bond acceptors (Lipinski definition) is 3. The van der Waals surface area contributed by atoms with Gasteiger partial charge in [0.25, 0.3) is 0 Å². The second kappa shape index (κ2) is 7.24. The minimum absolute atomic E-state index is 0.879. The Bertz CT molecular complexity index is 288. The normalized spacial score (nSPS) is 32.7. The van der Waals surface area contributed by atoms with Crippen LogP contribution in [0.1, 0.15) is 51.9 Å². The van der Waals surface area contributed by atoms with Crippen LogP contribution in [0.2, 0.25) is 0 Å². The largest absolute Gasteiger partial charge is 0.317 e. The summed E-state index contributed by atoms with van der Waals surface area (Å²) in [6.45, 7) is 10.3. The standard InChI is InChI=1S/C17H33N3/c1-2-10-20(14-15-5-8-18-9-6-15)17-7-12-19-11-3-4-16(19)13-17/h15-18H,2-14H2,1H3. The van der Waals surface area contributed by atoms with E-state index in [9.17, 15) is 0 Å². The third-order valence-electron chi connectivity index (χ3n) is 5.77. The Hall–Kier alpha value is -0.120. The molecule has 0 bridgehead atoms. The van der Waals surface area contributed by atoms with Crippen molar-refractivity contribution in [2.24, 2.45) is 5.92 Å². The maximum Gasteiger partial charge on any atom is 0.0122 e. The Balaban J connectivity index is 1.55. The zero-order valence-electron chi connectivity index (χ0n) is 13.3.